The number of hydrogen-bond donors (Lipinski definition) is 1. The van der Waals surface area contributed by atoms with Crippen LogP contribution in [-0.4, -0.2) is 13.1 Å². The number of rotatable bonds is 5. The molecular weight excluding hydrogens is 182 g/mol. The monoisotopic (exact) mass is 211 g/mol. The van der Waals surface area contributed by atoms with Crippen LogP contribution in [0, 0.1) is 23.7 Å². The molecule has 1 nitrogen and oxygen atoms in total. The summed E-state index contributed by atoms with van der Waals surface area (Å²) in [5.74, 6) is 3.65. The molecule has 0 aromatic heterocycles. The van der Waals surface area contributed by atoms with Crippen molar-refractivity contribution in [1.29, 1.82) is 0 Å². The lowest BCUT2D eigenvalue weighted by Crippen LogP contribution is -2.29. The van der Waals surface area contributed by atoms with Gasteiger partial charge in [0, 0.05) is 0 Å². The lowest BCUT2D eigenvalue weighted by atomic mass is 9.77. The molecule has 0 saturated heterocycles. The van der Waals surface area contributed by atoms with Gasteiger partial charge in [0.2, 0.25) is 0 Å². The molecule has 0 bridgehead atoms. The molecule has 0 heterocycles. The minimum absolute atomic E-state index is 0.789. The van der Waals surface area contributed by atoms with Crippen LogP contribution in [0.15, 0.2) is 0 Å². The normalized spacial score (nSPS) is 27.6. The molecule has 0 radical (unpaired) electrons. The van der Waals surface area contributed by atoms with Crippen LogP contribution in [0.3, 0.4) is 0 Å². The largest absolute Gasteiger partial charge is 0.316 e. The van der Waals surface area contributed by atoms with Gasteiger partial charge >= 0.3 is 0 Å². The molecule has 1 aliphatic carbocycles. The summed E-state index contributed by atoms with van der Waals surface area (Å²) in [5.41, 5.74) is 0. The third-order valence-corrected chi connectivity index (χ3v) is 3.82. The van der Waals surface area contributed by atoms with Gasteiger partial charge in [-0.25, -0.2) is 0 Å². The first kappa shape index (κ1) is 13.0. The summed E-state index contributed by atoms with van der Waals surface area (Å²) < 4.78 is 0. The van der Waals surface area contributed by atoms with Crippen molar-refractivity contribution in [3.8, 4) is 0 Å². The van der Waals surface area contributed by atoms with Gasteiger partial charge in [0.25, 0.3) is 0 Å². The van der Waals surface area contributed by atoms with Crippen molar-refractivity contribution in [1.82, 2.24) is 5.32 Å². The molecule has 1 N–H and O–H groups in total. The van der Waals surface area contributed by atoms with Crippen molar-refractivity contribution in [2.45, 2.75) is 53.4 Å². The van der Waals surface area contributed by atoms with Crippen LogP contribution in [0.1, 0.15) is 53.4 Å². The minimum atomic E-state index is 0.789. The van der Waals surface area contributed by atoms with Gasteiger partial charge in [-0.05, 0) is 62.4 Å². The van der Waals surface area contributed by atoms with E-state index in [1.54, 1.807) is 0 Å². The topological polar surface area (TPSA) is 12.0 Å². The SMILES string of the molecule is CC(C)CNCC1CCC(C(C)C)CC1. The van der Waals surface area contributed by atoms with E-state index >= 15 is 0 Å². The second kappa shape index (κ2) is 6.52. The van der Waals surface area contributed by atoms with Gasteiger partial charge in [0.1, 0.15) is 0 Å². The van der Waals surface area contributed by atoms with Crippen LogP contribution < -0.4 is 5.32 Å². The predicted molar refractivity (Wildman–Crippen MR) is 68.0 cm³/mol. The molecule has 1 saturated carbocycles. The van der Waals surface area contributed by atoms with E-state index in [9.17, 15) is 0 Å². The zero-order chi connectivity index (χ0) is 11.3. The zero-order valence-corrected chi connectivity index (χ0v) is 11.1. The van der Waals surface area contributed by atoms with Crippen LogP contribution in [0.25, 0.3) is 0 Å². The fourth-order valence-corrected chi connectivity index (χ4v) is 2.64. The zero-order valence-electron chi connectivity index (χ0n) is 11.1. The second-order valence-electron chi connectivity index (χ2n) is 6.08. The van der Waals surface area contributed by atoms with E-state index in [1.165, 1.54) is 38.8 Å². The Morgan fingerprint density at radius 3 is 2.07 bits per heavy atom. The van der Waals surface area contributed by atoms with Gasteiger partial charge in [-0.15, -0.1) is 0 Å². The van der Waals surface area contributed by atoms with Crippen LogP contribution in [-0.2, 0) is 0 Å². The summed E-state index contributed by atoms with van der Waals surface area (Å²) in [4.78, 5) is 0. The highest BCUT2D eigenvalue weighted by Gasteiger charge is 2.22. The van der Waals surface area contributed by atoms with Crippen molar-refractivity contribution in [3.05, 3.63) is 0 Å². The molecule has 90 valence electrons. The van der Waals surface area contributed by atoms with Crippen LogP contribution in [0.2, 0.25) is 0 Å². The summed E-state index contributed by atoms with van der Waals surface area (Å²) in [6, 6.07) is 0. The molecule has 1 rings (SSSR count). The Morgan fingerprint density at radius 2 is 1.60 bits per heavy atom. The highest BCUT2D eigenvalue weighted by molar-refractivity contribution is 4.75. The van der Waals surface area contributed by atoms with Crippen LogP contribution >= 0.6 is 0 Å². The fourth-order valence-electron chi connectivity index (χ4n) is 2.64. The number of hydrogen-bond acceptors (Lipinski definition) is 1. The van der Waals surface area contributed by atoms with Gasteiger partial charge in [-0.2, -0.15) is 0 Å². The average Bonchev–Trinajstić information content (AvgIpc) is 2.18. The summed E-state index contributed by atoms with van der Waals surface area (Å²) in [7, 11) is 0. The first-order valence-corrected chi connectivity index (χ1v) is 6.80. The summed E-state index contributed by atoms with van der Waals surface area (Å²) in [6.45, 7) is 11.8. The van der Waals surface area contributed by atoms with Crippen molar-refractivity contribution < 1.29 is 0 Å². The molecule has 0 aromatic rings. The third-order valence-electron chi connectivity index (χ3n) is 3.82. The summed E-state index contributed by atoms with van der Waals surface area (Å²) >= 11 is 0. The van der Waals surface area contributed by atoms with Gasteiger partial charge in [0.05, 0.1) is 0 Å². The first-order valence-electron chi connectivity index (χ1n) is 6.80. The maximum Gasteiger partial charge on any atom is -0.00204 e. The smallest absolute Gasteiger partial charge is 0.00204 e. The summed E-state index contributed by atoms with van der Waals surface area (Å²) in [6.07, 6.45) is 5.83. The van der Waals surface area contributed by atoms with Gasteiger partial charge in [-0.1, -0.05) is 27.7 Å². The van der Waals surface area contributed by atoms with E-state index in [1.807, 2.05) is 0 Å². The molecule has 0 atom stereocenters. The minimum Gasteiger partial charge on any atom is -0.316 e. The molecular formula is C14H29N. The van der Waals surface area contributed by atoms with E-state index < -0.39 is 0 Å². The molecule has 1 fully saturated rings. The highest BCUT2D eigenvalue weighted by atomic mass is 14.9. The second-order valence-corrected chi connectivity index (χ2v) is 6.08. The van der Waals surface area contributed by atoms with Crippen LogP contribution in [0.5, 0.6) is 0 Å². The van der Waals surface area contributed by atoms with E-state index in [4.69, 9.17) is 0 Å². The Labute approximate surface area is 96.0 Å². The van der Waals surface area contributed by atoms with E-state index in [0.717, 1.165) is 23.7 Å². The lowest BCUT2D eigenvalue weighted by molar-refractivity contribution is 0.219. The van der Waals surface area contributed by atoms with Gasteiger partial charge < -0.3 is 5.32 Å². The van der Waals surface area contributed by atoms with Crippen molar-refractivity contribution in [2.24, 2.45) is 23.7 Å². The van der Waals surface area contributed by atoms with Crippen LogP contribution in [0.4, 0.5) is 0 Å². The van der Waals surface area contributed by atoms with E-state index in [-0.39, 0.29) is 0 Å². The molecule has 1 heteroatoms. The maximum atomic E-state index is 3.60. The van der Waals surface area contributed by atoms with Gasteiger partial charge in [0.15, 0.2) is 0 Å². The van der Waals surface area contributed by atoms with E-state index in [0.29, 0.717) is 0 Å². The fraction of sp³-hybridized carbons (Fsp3) is 1.00. The Bertz CT molecular complexity index is 152. The summed E-state index contributed by atoms with van der Waals surface area (Å²) in [5, 5.41) is 3.60. The quantitative estimate of drug-likeness (QED) is 0.731. The Kier molecular flexibility index (Phi) is 5.66. The molecule has 0 spiro atoms. The first-order chi connectivity index (χ1) is 7.09. The third kappa shape index (κ3) is 5.01. The average molecular weight is 211 g/mol. The van der Waals surface area contributed by atoms with Crippen molar-refractivity contribution in [2.75, 3.05) is 13.1 Å². The Hall–Kier alpha value is -0.0400. The van der Waals surface area contributed by atoms with Crippen molar-refractivity contribution in [3.63, 3.8) is 0 Å². The van der Waals surface area contributed by atoms with E-state index in [2.05, 4.69) is 33.0 Å². The molecule has 0 unspecified atom stereocenters. The number of nitrogens with one attached hydrogen (secondary N) is 1. The van der Waals surface area contributed by atoms with Gasteiger partial charge in [-0.3, -0.25) is 0 Å². The predicted octanol–water partition coefficient (Wildman–Crippen LogP) is 3.69. The Morgan fingerprint density at radius 1 is 1.00 bits per heavy atom. The molecule has 0 aliphatic heterocycles. The lowest BCUT2D eigenvalue weighted by Gasteiger charge is -2.31. The standard InChI is InChI=1S/C14H29N/c1-11(2)9-15-10-13-5-7-14(8-6-13)12(3)4/h11-15H,5-10H2,1-4H3. The molecule has 0 aromatic carbocycles. The maximum absolute atomic E-state index is 3.60. The Balaban J connectivity index is 2.09. The molecule has 0 amide bonds. The molecule has 1 aliphatic rings. The molecule has 15 heavy (non-hydrogen) atoms. The highest BCUT2D eigenvalue weighted by Crippen LogP contribution is 2.32. The van der Waals surface area contributed by atoms with Crippen molar-refractivity contribution >= 4 is 0 Å².